The van der Waals surface area contributed by atoms with E-state index in [1.807, 2.05) is 64.1 Å². The molecule has 29 heavy (non-hydrogen) atoms. The van der Waals surface area contributed by atoms with E-state index in [2.05, 4.69) is 5.32 Å². The highest BCUT2D eigenvalue weighted by Crippen LogP contribution is 2.27. The summed E-state index contributed by atoms with van der Waals surface area (Å²) >= 11 is 0. The van der Waals surface area contributed by atoms with E-state index in [0.29, 0.717) is 30.9 Å². The summed E-state index contributed by atoms with van der Waals surface area (Å²) < 4.78 is 5.52. The van der Waals surface area contributed by atoms with Gasteiger partial charge in [-0.2, -0.15) is 0 Å². The molecule has 1 N–H and O–H groups in total. The molecule has 1 heterocycles. The first kappa shape index (κ1) is 21.1. The lowest BCUT2D eigenvalue weighted by molar-refractivity contribution is -0.118. The lowest BCUT2D eigenvalue weighted by Crippen LogP contribution is -2.44. The lowest BCUT2D eigenvalue weighted by Gasteiger charge is -2.31. The van der Waals surface area contributed by atoms with Crippen molar-refractivity contribution >= 4 is 17.5 Å². The highest BCUT2D eigenvalue weighted by atomic mass is 16.5. The van der Waals surface area contributed by atoms with Gasteiger partial charge in [-0.3, -0.25) is 9.59 Å². The second-order valence-electron chi connectivity index (χ2n) is 8.14. The fraction of sp³-hybridized carbons (Fsp3) is 0.417. The van der Waals surface area contributed by atoms with Gasteiger partial charge in [-0.1, -0.05) is 49.7 Å². The van der Waals surface area contributed by atoms with Crippen LogP contribution in [0.4, 0.5) is 5.69 Å². The summed E-state index contributed by atoms with van der Waals surface area (Å²) in [6.07, 6.45) is 0.0388. The van der Waals surface area contributed by atoms with Gasteiger partial charge in [0, 0.05) is 24.3 Å². The smallest absolute Gasteiger partial charge is 0.254 e. The van der Waals surface area contributed by atoms with Gasteiger partial charge in [0.05, 0.1) is 18.6 Å². The third kappa shape index (κ3) is 5.24. The predicted molar refractivity (Wildman–Crippen MR) is 115 cm³/mol. The van der Waals surface area contributed by atoms with E-state index in [0.717, 1.165) is 5.56 Å². The SMILES string of the molecule is Cc1ccc(C(C(=O)Nc2cccc(C(=O)N3CCOC(C)C3)c2)C(C)C)cc1. The minimum atomic E-state index is -0.255. The van der Waals surface area contributed by atoms with Gasteiger partial charge in [0.15, 0.2) is 0 Å². The van der Waals surface area contributed by atoms with Crippen molar-refractivity contribution in [3.05, 3.63) is 65.2 Å². The highest BCUT2D eigenvalue weighted by molar-refractivity contribution is 5.99. The first-order chi connectivity index (χ1) is 13.8. The van der Waals surface area contributed by atoms with Gasteiger partial charge in [0.25, 0.3) is 5.91 Å². The summed E-state index contributed by atoms with van der Waals surface area (Å²) in [7, 11) is 0. The minimum absolute atomic E-state index is 0.0322. The third-order valence-corrected chi connectivity index (χ3v) is 5.29. The Morgan fingerprint density at radius 1 is 1.14 bits per heavy atom. The van der Waals surface area contributed by atoms with E-state index in [1.54, 1.807) is 17.0 Å². The number of ether oxygens (including phenoxy) is 1. The molecule has 2 atom stereocenters. The van der Waals surface area contributed by atoms with Crippen LogP contribution in [0.1, 0.15) is 48.2 Å². The summed E-state index contributed by atoms with van der Waals surface area (Å²) in [6, 6.07) is 15.3. The zero-order chi connectivity index (χ0) is 21.0. The molecule has 1 fully saturated rings. The molecule has 2 unspecified atom stereocenters. The molecule has 0 aliphatic carbocycles. The van der Waals surface area contributed by atoms with Crippen LogP contribution in [0.3, 0.4) is 0 Å². The Labute approximate surface area is 173 Å². The van der Waals surface area contributed by atoms with E-state index in [9.17, 15) is 9.59 Å². The Bertz CT molecular complexity index is 861. The summed E-state index contributed by atoms with van der Waals surface area (Å²) in [4.78, 5) is 27.7. The largest absolute Gasteiger partial charge is 0.375 e. The monoisotopic (exact) mass is 394 g/mol. The molecule has 1 aliphatic heterocycles. The maximum absolute atomic E-state index is 13.0. The van der Waals surface area contributed by atoms with Gasteiger partial charge in [-0.15, -0.1) is 0 Å². The maximum atomic E-state index is 13.0. The van der Waals surface area contributed by atoms with Gasteiger partial charge in [0.1, 0.15) is 0 Å². The number of amides is 2. The Morgan fingerprint density at radius 3 is 2.52 bits per heavy atom. The van der Waals surface area contributed by atoms with Crippen LogP contribution in [0.5, 0.6) is 0 Å². The van der Waals surface area contributed by atoms with Gasteiger partial charge in [0.2, 0.25) is 5.91 Å². The Balaban J connectivity index is 1.75. The van der Waals surface area contributed by atoms with Crippen LogP contribution in [-0.4, -0.2) is 42.5 Å². The molecule has 2 aromatic rings. The number of benzene rings is 2. The topological polar surface area (TPSA) is 58.6 Å². The standard InChI is InChI=1S/C24H30N2O3/c1-16(2)22(19-10-8-17(3)9-11-19)23(27)25-21-7-5-6-20(14-21)24(28)26-12-13-29-18(4)15-26/h5-11,14,16,18,22H,12-13,15H2,1-4H3,(H,25,27). The normalized spacial score (nSPS) is 17.8. The van der Waals surface area contributed by atoms with Crippen LogP contribution < -0.4 is 5.32 Å². The molecule has 1 saturated heterocycles. The van der Waals surface area contributed by atoms with Crippen LogP contribution in [-0.2, 0) is 9.53 Å². The molecule has 0 saturated carbocycles. The predicted octanol–water partition coefficient (Wildman–Crippen LogP) is 4.23. The number of rotatable bonds is 5. The molecule has 5 heteroatoms. The molecule has 0 radical (unpaired) electrons. The summed E-state index contributed by atoms with van der Waals surface area (Å²) in [5.41, 5.74) is 3.38. The van der Waals surface area contributed by atoms with E-state index in [1.165, 1.54) is 5.56 Å². The van der Waals surface area contributed by atoms with E-state index in [-0.39, 0.29) is 29.8 Å². The van der Waals surface area contributed by atoms with Crippen molar-refractivity contribution in [1.82, 2.24) is 4.90 Å². The van der Waals surface area contributed by atoms with Crippen LogP contribution in [0.15, 0.2) is 48.5 Å². The highest BCUT2D eigenvalue weighted by Gasteiger charge is 2.25. The minimum Gasteiger partial charge on any atom is -0.375 e. The number of anilines is 1. The summed E-state index contributed by atoms with van der Waals surface area (Å²) in [5, 5.41) is 3.01. The molecule has 154 valence electrons. The van der Waals surface area contributed by atoms with E-state index >= 15 is 0 Å². The number of nitrogens with zero attached hydrogens (tertiary/aromatic N) is 1. The van der Waals surface area contributed by atoms with Crippen molar-refractivity contribution in [2.24, 2.45) is 5.92 Å². The average molecular weight is 395 g/mol. The second-order valence-corrected chi connectivity index (χ2v) is 8.14. The number of nitrogens with one attached hydrogen (secondary N) is 1. The van der Waals surface area contributed by atoms with Crippen molar-refractivity contribution in [1.29, 1.82) is 0 Å². The van der Waals surface area contributed by atoms with Crippen molar-refractivity contribution < 1.29 is 14.3 Å². The maximum Gasteiger partial charge on any atom is 0.254 e. The van der Waals surface area contributed by atoms with E-state index in [4.69, 9.17) is 4.74 Å². The number of carbonyl (C=O) groups excluding carboxylic acids is 2. The van der Waals surface area contributed by atoms with Crippen molar-refractivity contribution in [3.8, 4) is 0 Å². The van der Waals surface area contributed by atoms with Crippen LogP contribution in [0.25, 0.3) is 0 Å². The Hall–Kier alpha value is -2.66. The quantitative estimate of drug-likeness (QED) is 0.825. The molecule has 1 aliphatic rings. The number of hydrogen-bond acceptors (Lipinski definition) is 3. The van der Waals surface area contributed by atoms with E-state index < -0.39 is 0 Å². The van der Waals surface area contributed by atoms with Crippen molar-refractivity contribution in [2.75, 3.05) is 25.0 Å². The summed E-state index contributed by atoms with van der Waals surface area (Å²) in [6.45, 7) is 9.81. The fourth-order valence-corrected chi connectivity index (χ4v) is 3.75. The molecule has 2 aromatic carbocycles. The van der Waals surface area contributed by atoms with Gasteiger partial charge >= 0.3 is 0 Å². The lowest BCUT2D eigenvalue weighted by atomic mass is 9.87. The molecule has 0 bridgehead atoms. The average Bonchev–Trinajstić information content (AvgIpc) is 2.69. The zero-order valence-corrected chi connectivity index (χ0v) is 17.6. The molecular formula is C24H30N2O3. The molecule has 5 nitrogen and oxygen atoms in total. The van der Waals surface area contributed by atoms with Gasteiger partial charge in [-0.05, 0) is 43.5 Å². The third-order valence-electron chi connectivity index (χ3n) is 5.29. The fourth-order valence-electron chi connectivity index (χ4n) is 3.75. The number of morpholine rings is 1. The molecule has 3 rings (SSSR count). The van der Waals surface area contributed by atoms with Crippen LogP contribution in [0.2, 0.25) is 0 Å². The Kier molecular flexibility index (Phi) is 6.70. The number of carbonyl (C=O) groups is 2. The molecule has 0 spiro atoms. The molecule has 0 aromatic heterocycles. The van der Waals surface area contributed by atoms with Crippen LogP contribution >= 0.6 is 0 Å². The second kappa shape index (κ2) is 9.23. The van der Waals surface area contributed by atoms with Crippen molar-refractivity contribution in [3.63, 3.8) is 0 Å². The first-order valence-corrected chi connectivity index (χ1v) is 10.2. The van der Waals surface area contributed by atoms with Gasteiger partial charge in [-0.25, -0.2) is 0 Å². The number of hydrogen-bond donors (Lipinski definition) is 1. The Morgan fingerprint density at radius 2 is 1.86 bits per heavy atom. The van der Waals surface area contributed by atoms with Gasteiger partial charge < -0.3 is 15.0 Å². The number of aryl methyl sites for hydroxylation is 1. The van der Waals surface area contributed by atoms with Crippen LogP contribution in [0, 0.1) is 12.8 Å². The summed E-state index contributed by atoms with van der Waals surface area (Å²) in [5.74, 6) is -0.198. The van der Waals surface area contributed by atoms with Crippen molar-refractivity contribution in [2.45, 2.75) is 39.7 Å². The zero-order valence-electron chi connectivity index (χ0n) is 17.6. The first-order valence-electron chi connectivity index (χ1n) is 10.2. The molecule has 2 amide bonds. The molecular weight excluding hydrogens is 364 g/mol.